The maximum absolute atomic E-state index is 14.0. The van der Waals surface area contributed by atoms with Crippen LogP contribution in [0.5, 0.6) is 17.5 Å². The number of fused-ring (bicyclic) bond motifs is 1. The smallest absolute Gasteiger partial charge is 0.325 e. The predicted octanol–water partition coefficient (Wildman–Crippen LogP) is 5.19. The summed E-state index contributed by atoms with van der Waals surface area (Å²) in [7, 11) is 0. The minimum absolute atomic E-state index is 0.0615. The summed E-state index contributed by atoms with van der Waals surface area (Å²) in [5.41, 5.74) is 2.73. The molecule has 0 amide bonds. The summed E-state index contributed by atoms with van der Waals surface area (Å²) in [6.07, 6.45) is 1.42. The van der Waals surface area contributed by atoms with E-state index in [1.54, 1.807) is 32.0 Å². The molecule has 0 aliphatic carbocycles. The number of hydrogen-bond acceptors (Lipinski definition) is 6. The van der Waals surface area contributed by atoms with Gasteiger partial charge in [0.15, 0.2) is 11.6 Å². The first-order chi connectivity index (χ1) is 12.9. The lowest BCUT2D eigenvalue weighted by Crippen LogP contribution is -1.94. The van der Waals surface area contributed by atoms with E-state index in [4.69, 9.17) is 20.8 Å². The molecule has 2 aromatic heterocycles. The van der Waals surface area contributed by atoms with Crippen LogP contribution in [0.1, 0.15) is 11.1 Å². The highest BCUT2D eigenvalue weighted by Crippen LogP contribution is 2.31. The molecule has 6 nitrogen and oxygen atoms in total. The first-order valence-electron chi connectivity index (χ1n) is 7.98. The quantitative estimate of drug-likeness (QED) is 0.522. The normalized spacial score (nSPS) is 11.1. The van der Waals surface area contributed by atoms with E-state index >= 15 is 0 Å². The lowest BCUT2D eigenvalue weighted by Gasteiger charge is -2.05. The second-order valence-corrected chi connectivity index (χ2v) is 6.38. The predicted molar refractivity (Wildman–Crippen MR) is 97.7 cm³/mol. The number of aryl methyl sites for hydroxylation is 2. The highest BCUT2D eigenvalue weighted by molar-refractivity contribution is 6.30. The summed E-state index contributed by atoms with van der Waals surface area (Å²) in [6.45, 7) is 3.58. The molecule has 8 heteroatoms. The summed E-state index contributed by atoms with van der Waals surface area (Å²) in [4.78, 5) is 12.5. The van der Waals surface area contributed by atoms with E-state index in [1.807, 2.05) is 0 Å². The number of halogens is 2. The van der Waals surface area contributed by atoms with Crippen molar-refractivity contribution in [2.45, 2.75) is 13.8 Å². The molecule has 0 spiro atoms. The summed E-state index contributed by atoms with van der Waals surface area (Å²) in [6, 6.07) is 7.82. The number of benzene rings is 2. The molecule has 0 saturated carbocycles. The maximum Gasteiger partial charge on any atom is 0.325 e. The van der Waals surface area contributed by atoms with Crippen molar-refractivity contribution >= 4 is 22.8 Å². The largest absolute Gasteiger partial charge is 0.507 e. The fraction of sp³-hybridized carbons (Fsp3) is 0.105. The summed E-state index contributed by atoms with van der Waals surface area (Å²) in [5.74, 6) is -0.229. The minimum Gasteiger partial charge on any atom is -0.507 e. The van der Waals surface area contributed by atoms with Crippen LogP contribution in [-0.4, -0.2) is 20.1 Å². The molecule has 1 N–H and O–H groups in total. The zero-order valence-electron chi connectivity index (χ0n) is 14.3. The zero-order valence-corrected chi connectivity index (χ0v) is 15.1. The van der Waals surface area contributed by atoms with Crippen LogP contribution in [-0.2, 0) is 0 Å². The van der Waals surface area contributed by atoms with Crippen molar-refractivity contribution in [2.24, 2.45) is 0 Å². The van der Waals surface area contributed by atoms with Crippen LogP contribution >= 0.6 is 11.6 Å². The lowest BCUT2D eigenvalue weighted by molar-refractivity contribution is 0.410. The van der Waals surface area contributed by atoms with Gasteiger partial charge in [0.1, 0.15) is 11.3 Å². The van der Waals surface area contributed by atoms with Crippen LogP contribution in [0.25, 0.3) is 22.7 Å². The summed E-state index contributed by atoms with van der Waals surface area (Å²) < 4.78 is 25.0. The van der Waals surface area contributed by atoms with Crippen molar-refractivity contribution in [3.8, 4) is 29.0 Å². The van der Waals surface area contributed by atoms with Gasteiger partial charge in [0, 0.05) is 5.56 Å². The SMILES string of the molecule is Cc1cc(-c2nc3cnc(Oc4cccc(Cl)c4F)nc3o2)cc(C)c1O. The molecule has 0 atom stereocenters. The molecule has 0 saturated heterocycles. The highest BCUT2D eigenvalue weighted by atomic mass is 35.5. The first-order valence-corrected chi connectivity index (χ1v) is 8.36. The number of hydrogen-bond donors (Lipinski definition) is 1. The van der Waals surface area contributed by atoms with Gasteiger partial charge in [-0.3, -0.25) is 0 Å². The number of phenolic OH excluding ortho intramolecular Hbond substituents is 1. The Morgan fingerprint density at radius 2 is 1.89 bits per heavy atom. The van der Waals surface area contributed by atoms with Crippen molar-refractivity contribution in [2.75, 3.05) is 0 Å². The number of phenols is 1. The number of ether oxygens (including phenoxy) is 1. The number of aromatic hydroxyl groups is 1. The Labute approximate surface area is 158 Å². The van der Waals surface area contributed by atoms with Gasteiger partial charge in [0.05, 0.1) is 11.2 Å². The average Bonchev–Trinajstić information content (AvgIpc) is 3.06. The van der Waals surface area contributed by atoms with E-state index in [0.717, 1.165) is 0 Å². The third kappa shape index (κ3) is 3.17. The third-order valence-corrected chi connectivity index (χ3v) is 4.28. The fourth-order valence-electron chi connectivity index (χ4n) is 2.63. The Morgan fingerprint density at radius 3 is 2.63 bits per heavy atom. The molecular weight excluding hydrogens is 373 g/mol. The van der Waals surface area contributed by atoms with E-state index in [0.29, 0.717) is 28.1 Å². The molecule has 0 radical (unpaired) electrons. The van der Waals surface area contributed by atoms with E-state index in [9.17, 15) is 9.50 Å². The number of aromatic nitrogens is 3. The Hall–Kier alpha value is -3.19. The van der Waals surface area contributed by atoms with Gasteiger partial charge in [-0.25, -0.2) is 14.4 Å². The van der Waals surface area contributed by atoms with Gasteiger partial charge in [0.2, 0.25) is 5.89 Å². The molecule has 0 aliphatic heterocycles. The van der Waals surface area contributed by atoms with Crippen LogP contribution < -0.4 is 4.74 Å². The van der Waals surface area contributed by atoms with Crippen molar-refractivity contribution in [1.82, 2.24) is 15.0 Å². The molecule has 4 rings (SSSR count). The van der Waals surface area contributed by atoms with Gasteiger partial charge < -0.3 is 14.3 Å². The Bertz CT molecular complexity index is 1150. The topological polar surface area (TPSA) is 81.3 Å². The van der Waals surface area contributed by atoms with Crippen LogP contribution in [0.4, 0.5) is 4.39 Å². The molecule has 2 heterocycles. The monoisotopic (exact) mass is 385 g/mol. The van der Waals surface area contributed by atoms with Gasteiger partial charge >= 0.3 is 6.01 Å². The lowest BCUT2D eigenvalue weighted by atomic mass is 10.1. The van der Waals surface area contributed by atoms with Crippen molar-refractivity contribution in [3.05, 3.63) is 58.5 Å². The van der Waals surface area contributed by atoms with Crippen molar-refractivity contribution in [1.29, 1.82) is 0 Å². The Kier molecular flexibility index (Phi) is 4.16. The second-order valence-electron chi connectivity index (χ2n) is 5.97. The van der Waals surface area contributed by atoms with E-state index in [-0.39, 0.29) is 28.2 Å². The van der Waals surface area contributed by atoms with Crippen molar-refractivity contribution < 1.29 is 18.7 Å². The molecule has 0 aliphatic rings. The molecule has 2 aromatic carbocycles. The highest BCUT2D eigenvalue weighted by Gasteiger charge is 2.15. The summed E-state index contributed by atoms with van der Waals surface area (Å²) >= 11 is 5.74. The van der Waals surface area contributed by atoms with Crippen molar-refractivity contribution in [3.63, 3.8) is 0 Å². The van der Waals surface area contributed by atoms with E-state index in [1.165, 1.54) is 18.3 Å². The zero-order chi connectivity index (χ0) is 19.1. The van der Waals surface area contributed by atoms with E-state index in [2.05, 4.69) is 15.0 Å². The molecule has 136 valence electrons. The van der Waals surface area contributed by atoms with Crippen LogP contribution in [0.3, 0.4) is 0 Å². The Balaban J connectivity index is 1.71. The second kappa shape index (κ2) is 6.51. The number of oxazole rings is 1. The summed E-state index contributed by atoms with van der Waals surface area (Å²) in [5, 5.41) is 9.84. The van der Waals surface area contributed by atoms with Gasteiger partial charge in [-0.15, -0.1) is 0 Å². The molecule has 0 fully saturated rings. The number of rotatable bonds is 3. The van der Waals surface area contributed by atoms with Gasteiger partial charge in [-0.05, 0) is 49.2 Å². The maximum atomic E-state index is 14.0. The number of nitrogens with zero attached hydrogens (tertiary/aromatic N) is 3. The molecule has 27 heavy (non-hydrogen) atoms. The third-order valence-electron chi connectivity index (χ3n) is 3.98. The average molecular weight is 386 g/mol. The van der Waals surface area contributed by atoms with Gasteiger partial charge in [-0.1, -0.05) is 17.7 Å². The Morgan fingerprint density at radius 1 is 1.15 bits per heavy atom. The van der Waals surface area contributed by atoms with E-state index < -0.39 is 5.82 Å². The first kappa shape index (κ1) is 17.2. The van der Waals surface area contributed by atoms with Crippen LogP contribution in [0, 0.1) is 19.7 Å². The molecule has 4 aromatic rings. The standard InChI is InChI=1S/C19H13ClFN3O3/c1-9-6-11(7-10(2)16(9)25)17-23-13-8-22-19(24-18(13)27-17)26-14-5-3-4-12(20)15(14)21/h3-8,25H,1-2H3. The van der Waals surface area contributed by atoms with Crippen LogP contribution in [0.15, 0.2) is 40.9 Å². The molecular formula is C19H13ClFN3O3. The van der Waals surface area contributed by atoms with Crippen LogP contribution in [0.2, 0.25) is 5.02 Å². The van der Waals surface area contributed by atoms with Gasteiger partial charge in [0.25, 0.3) is 5.71 Å². The van der Waals surface area contributed by atoms with Gasteiger partial charge in [-0.2, -0.15) is 4.98 Å². The fourth-order valence-corrected chi connectivity index (χ4v) is 2.80. The molecule has 0 unspecified atom stereocenters. The minimum atomic E-state index is -0.698. The molecule has 0 bridgehead atoms.